The van der Waals surface area contributed by atoms with Gasteiger partial charge in [-0.15, -0.1) is 0 Å². The second-order valence-electron chi connectivity index (χ2n) is 10.7. The van der Waals surface area contributed by atoms with Crippen LogP contribution in [0.15, 0.2) is 42.5 Å². The molecule has 4 nitrogen and oxygen atoms in total. The first-order valence-electron chi connectivity index (χ1n) is 14.2. The van der Waals surface area contributed by atoms with E-state index in [0.717, 1.165) is 18.4 Å². The van der Waals surface area contributed by atoms with Crippen LogP contribution in [0.2, 0.25) is 0 Å². The number of benzene rings is 2. The fourth-order valence-electron chi connectivity index (χ4n) is 5.68. The highest BCUT2D eigenvalue weighted by Gasteiger charge is 2.29. The number of hydrogen-bond donors (Lipinski definition) is 0. The predicted octanol–water partition coefficient (Wildman–Crippen LogP) is 8.42. The molecule has 0 spiro atoms. The van der Waals surface area contributed by atoms with E-state index in [4.69, 9.17) is 14.2 Å². The lowest BCUT2D eigenvalue weighted by atomic mass is 9.78. The standard InChI is InChI=1S/C32H44O4/c1-4-6-19-34-31(33)25-13-15-26(16-14-25)32-35-21-28(22-36-32)29-18-17-27(23(3)10-5-2)20-30(29)24-11-8-7-9-12-24/h13-18,20,23-24,28,32H,4-12,19,21-22H2,1-3H3. The molecule has 2 aliphatic rings. The van der Waals surface area contributed by atoms with Crippen LogP contribution >= 0.6 is 0 Å². The summed E-state index contributed by atoms with van der Waals surface area (Å²) in [5, 5.41) is 0. The first kappa shape index (κ1) is 26.9. The largest absolute Gasteiger partial charge is 0.462 e. The Morgan fingerprint density at radius 1 is 0.917 bits per heavy atom. The number of rotatable bonds is 10. The van der Waals surface area contributed by atoms with Gasteiger partial charge in [0, 0.05) is 11.5 Å². The van der Waals surface area contributed by atoms with Crippen molar-refractivity contribution >= 4 is 5.97 Å². The highest BCUT2D eigenvalue weighted by atomic mass is 16.7. The smallest absolute Gasteiger partial charge is 0.338 e. The Kier molecular flexibility index (Phi) is 10.0. The zero-order chi connectivity index (χ0) is 25.3. The number of carbonyl (C=O) groups is 1. The average molecular weight is 493 g/mol. The Bertz CT molecular complexity index is 953. The molecule has 1 unspecified atom stereocenters. The fourth-order valence-corrected chi connectivity index (χ4v) is 5.68. The molecule has 2 fully saturated rings. The van der Waals surface area contributed by atoms with Crippen LogP contribution in [0, 0.1) is 0 Å². The van der Waals surface area contributed by atoms with Gasteiger partial charge in [0.15, 0.2) is 6.29 Å². The van der Waals surface area contributed by atoms with Crippen molar-refractivity contribution in [1.29, 1.82) is 0 Å². The third-order valence-electron chi connectivity index (χ3n) is 7.93. The minimum Gasteiger partial charge on any atom is -0.462 e. The first-order chi connectivity index (χ1) is 17.6. The topological polar surface area (TPSA) is 44.8 Å². The molecule has 196 valence electrons. The summed E-state index contributed by atoms with van der Waals surface area (Å²) in [7, 11) is 0. The van der Waals surface area contributed by atoms with Crippen LogP contribution in [0.5, 0.6) is 0 Å². The molecule has 0 N–H and O–H groups in total. The molecule has 2 aromatic carbocycles. The van der Waals surface area contributed by atoms with Crippen molar-refractivity contribution < 1.29 is 19.0 Å². The molecule has 0 aromatic heterocycles. The van der Waals surface area contributed by atoms with Gasteiger partial charge in [-0.05, 0) is 66.3 Å². The predicted molar refractivity (Wildman–Crippen MR) is 145 cm³/mol. The summed E-state index contributed by atoms with van der Waals surface area (Å²) in [5.74, 6) is 1.24. The maximum absolute atomic E-state index is 12.2. The number of ether oxygens (including phenoxy) is 3. The number of hydrogen-bond acceptors (Lipinski definition) is 4. The van der Waals surface area contributed by atoms with E-state index in [2.05, 4.69) is 39.0 Å². The van der Waals surface area contributed by atoms with Crippen LogP contribution < -0.4 is 0 Å². The lowest BCUT2D eigenvalue weighted by Crippen LogP contribution is -2.27. The van der Waals surface area contributed by atoms with Gasteiger partial charge in [-0.1, -0.05) is 83.2 Å². The van der Waals surface area contributed by atoms with Crippen molar-refractivity contribution in [3.63, 3.8) is 0 Å². The van der Waals surface area contributed by atoms with Crippen LogP contribution in [0.25, 0.3) is 0 Å². The number of carbonyl (C=O) groups excluding carboxylic acids is 1. The molecule has 1 aliphatic carbocycles. The van der Waals surface area contributed by atoms with Crippen molar-refractivity contribution in [3.05, 3.63) is 70.3 Å². The van der Waals surface area contributed by atoms with E-state index in [-0.39, 0.29) is 11.9 Å². The molecule has 0 amide bonds. The van der Waals surface area contributed by atoms with Gasteiger partial charge in [-0.3, -0.25) is 0 Å². The summed E-state index contributed by atoms with van der Waals surface area (Å²) < 4.78 is 17.8. The lowest BCUT2D eigenvalue weighted by molar-refractivity contribution is -0.191. The highest BCUT2D eigenvalue weighted by molar-refractivity contribution is 5.89. The second-order valence-corrected chi connectivity index (χ2v) is 10.7. The molecular formula is C32H44O4. The van der Waals surface area contributed by atoms with Crippen molar-refractivity contribution in [3.8, 4) is 0 Å². The maximum atomic E-state index is 12.2. The van der Waals surface area contributed by atoms with Gasteiger partial charge in [-0.2, -0.15) is 0 Å². The van der Waals surface area contributed by atoms with Gasteiger partial charge in [0.2, 0.25) is 0 Å². The van der Waals surface area contributed by atoms with Gasteiger partial charge in [0.25, 0.3) is 0 Å². The summed E-state index contributed by atoms with van der Waals surface area (Å²) in [6.07, 6.45) is 10.6. The van der Waals surface area contributed by atoms with Gasteiger partial charge >= 0.3 is 5.97 Å². The number of esters is 1. The van der Waals surface area contributed by atoms with Crippen LogP contribution in [0.4, 0.5) is 0 Å². The summed E-state index contributed by atoms with van der Waals surface area (Å²) in [6.45, 7) is 8.47. The van der Waals surface area contributed by atoms with Crippen LogP contribution in [0.3, 0.4) is 0 Å². The van der Waals surface area contributed by atoms with E-state index in [0.29, 0.717) is 37.2 Å². The zero-order valence-corrected chi connectivity index (χ0v) is 22.5. The fraction of sp³-hybridized carbons (Fsp3) is 0.594. The summed E-state index contributed by atoms with van der Waals surface area (Å²) in [6, 6.07) is 14.7. The molecule has 1 saturated carbocycles. The van der Waals surface area contributed by atoms with E-state index in [1.54, 1.807) is 12.1 Å². The summed E-state index contributed by atoms with van der Waals surface area (Å²) >= 11 is 0. The minimum absolute atomic E-state index is 0.251. The lowest BCUT2D eigenvalue weighted by Gasteiger charge is -2.33. The third kappa shape index (κ3) is 6.77. The molecule has 1 atom stereocenters. The van der Waals surface area contributed by atoms with Crippen molar-refractivity contribution in [2.45, 2.75) is 103 Å². The van der Waals surface area contributed by atoms with Crippen molar-refractivity contribution in [2.75, 3.05) is 19.8 Å². The Morgan fingerprint density at radius 2 is 1.64 bits per heavy atom. The maximum Gasteiger partial charge on any atom is 0.338 e. The normalized spacial score (nSPS) is 21.8. The molecule has 1 heterocycles. The summed E-state index contributed by atoms with van der Waals surface area (Å²) in [4.78, 5) is 12.2. The molecule has 0 radical (unpaired) electrons. The average Bonchev–Trinajstić information content (AvgIpc) is 2.93. The molecule has 4 rings (SSSR count). The van der Waals surface area contributed by atoms with Gasteiger partial charge < -0.3 is 14.2 Å². The van der Waals surface area contributed by atoms with E-state index in [1.807, 2.05) is 12.1 Å². The highest BCUT2D eigenvalue weighted by Crippen LogP contribution is 2.40. The monoisotopic (exact) mass is 492 g/mol. The minimum atomic E-state index is -0.395. The van der Waals surface area contributed by atoms with Gasteiger partial charge in [0.1, 0.15) is 0 Å². The SMILES string of the molecule is CCCCOC(=O)c1ccc(C2OCC(c3ccc(C(C)CCC)cc3C3CCCCC3)CO2)cc1. The van der Waals surface area contributed by atoms with Crippen LogP contribution in [-0.4, -0.2) is 25.8 Å². The van der Waals surface area contributed by atoms with Gasteiger partial charge in [0.05, 0.1) is 25.4 Å². The Hall–Kier alpha value is -2.17. The van der Waals surface area contributed by atoms with Crippen molar-refractivity contribution in [2.24, 2.45) is 0 Å². The Balaban J connectivity index is 1.42. The Labute approximate surface area is 217 Å². The van der Waals surface area contributed by atoms with E-state index >= 15 is 0 Å². The Morgan fingerprint density at radius 3 is 2.31 bits per heavy atom. The molecular weight excluding hydrogens is 448 g/mol. The van der Waals surface area contributed by atoms with Crippen LogP contribution in [-0.2, 0) is 14.2 Å². The molecule has 4 heteroatoms. The van der Waals surface area contributed by atoms with E-state index in [9.17, 15) is 4.79 Å². The molecule has 0 bridgehead atoms. The summed E-state index contributed by atoms with van der Waals surface area (Å²) in [5.41, 5.74) is 5.94. The van der Waals surface area contributed by atoms with Crippen molar-refractivity contribution in [1.82, 2.24) is 0 Å². The quantitative estimate of drug-likeness (QED) is 0.247. The van der Waals surface area contributed by atoms with E-state index in [1.165, 1.54) is 61.6 Å². The number of unbranched alkanes of at least 4 members (excludes halogenated alkanes) is 1. The van der Waals surface area contributed by atoms with E-state index < -0.39 is 6.29 Å². The first-order valence-corrected chi connectivity index (χ1v) is 14.2. The zero-order valence-electron chi connectivity index (χ0n) is 22.5. The van der Waals surface area contributed by atoms with Gasteiger partial charge in [-0.25, -0.2) is 4.79 Å². The molecule has 1 aliphatic heterocycles. The second kappa shape index (κ2) is 13.4. The molecule has 2 aromatic rings. The third-order valence-corrected chi connectivity index (χ3v) is 7.93. The molecule has 1 saturated heterocycles. The van der Waals surface area contributed by atoms with Crippen LogP contribution in [0.1, 0.15) is 135 Å². The molecule has 36 heavy (non-hydrogen) atoms.